The van der Waals surface area contributed by atoms with Crippen molar-refractivity contribution >= 4 is 23.4 Å². The van der Waals surface area contributed by atoms with Crippen molar-refractivity contribution in [3.8, 4) is 11.3 Å². The Kier molecular flexibility index (Phi) is 5.56. The quantitative estimate of drug-likeness (QED) is 0.501. The zero-order valence-corrected chi connectivity index (χ0v) is 16.1. The largest absolute Gasteiger partial charge is 0.399 e. The van der Waals surface area contributed by atoms with Gasteiger partial charge >= 0.3 is 6.03 Å². The Hall–Kier alpha value is -3.61. The number of carbonyl (C=O) groups is 1. The minimum atomic E-state index is -0.293. The van der Waals surface area contributed by atoms with Crippen molar-refractivity contribution in [3.05, 3.63) is 65.9 Å². The molecule has 0 radical (unpaired) electrons. The van der Waals surface area contributed by atoms with Gasteiger partial charge in [0.25, 0.3) is 0 Å². The number of aromatic nitrogens is 2. The number of nitrogens with zero attached hydrogens (tertiary/aromatic N) is 2. The van der Waals surface area contributed by atoms with Gasteiger partial charge in [-0.15, -0.1) is 0 Å². The topological polar surface area (TPSA) is 105 Å². The van der Waals surface area contributed by atoms with Gasteiger partial charge in [-0.1, -0.05) is 24.3 Å². The molecule has 1 aliphatic rings. The highest BCUT2D eigenvalue weighted by atomic mass is 16.2. The average molecular weight is 388 g/mol. The number of nitrogens with two attached hydrogens (primary N) is 1. The molecule has 0 saturated heterocycles. The molecule has 1 aliphatic heterocycles. The Bertz CT molecular complexity index is 1020. The SMILES string of the molecule is Nc1cccc(-c2cccc(NC(=O)NCCc3ccc4c(n3)NCCC4)n2)c1. The summed E-state index contributed by atoms with van der Waals surface area (Å²) in [5.41, 5.74) is 10.4. The van der Waals surface area contributed by atoms with Crippen LogP contribution in [-0.4, -0.2) is 29.1 Å². The average Bonchev–Trinajstić information content (AvgIpc) is 2.74. The highest BCUT2D eigenvalue weighted by Crippen LogP contribution is 2.21. The molecule has 7 heteroatoms. The van der Waals surface area contributed by atoms with E-state index in [1.54, 1.807) is 6.07 Å². The van der Waals surface area contributed by atoms with Crippen molar-refractivity contribution < 1.29 is 4.79 Å². The Morgan fingerprint density at radius 1 is 1.10 bits per heavy atom. The Morgan fingerprint density at radius 3 is 2.90 bits per heavy atom. The highest BCUT2D eigenvalue weighted by molar-refractivity contribution is 5.88. The molecule has 0 spiro atoms. The molecule has 3 heterocycles. The fourth-order valence-electron chi connectivity index (χ4n) is 3.34. The van der Waals surface area contributed by atoms with E-state index in [1.807, 2.05) is 42.5 Å². The number of amides is 2. The molecular weight excluding hydrogens is 364 g/mol. The number of hydrogen-bond donors (Lipinski definition) is 4. The fraction of sp³-hybridized carbons (Fsp3) is 0.227. The maximum Gasteiger partial charge on any atom is 0.320 e. The number of carbonyl (C=O) groups excluding carboxylic acids is 1. The lowest BCUT2D eigenvalue weighted by Crippen LogP contribution is -2.31. The van der Waals surface area contributed by atoms with Gasteiger partial charge in [-0.05, 0) is 48.7 Å². The van der Waals surface area contributed by atoms with Gasteiger partial charge in [-0.25, -0.2) is 14.8 Å². The molecule has 0 unspecified atom stereocenters. The van der Waals surface area contributed by atoms with Gasteiger partial charge < -0.3 is 16.4 Å². The summed E-state index contributed by atoms with van der Waals surface area (Å²) in [7, 11) is 0. The first-order valence-electron chi connectivity index (χ1n) is 9.78. The monoisotopic (exact) mass is 388 g/mol. The zero-order valence-electron chi connectivity index (χ0n) is 16.1. The van der Waals surface area contributed by atoms with Gasteiger partial charge in [0.15, 0.2) is 0 Å². The summed E-state index contributed by atoms with van der Waals surface area (Å²) in [6.07, 6.45) is 2.87. The van der Waals surface area contributed by atoms with E-state index in [4.69, 9.17) is 5.73 Å². The van der Waals surface area contributed by atoms with Gasteiger partial charge in [-0.2, -0.15) is 0 Å². The molecule has 148 valence electrons. The van der Waals surface area contributed by atoms with Crippen LogP contribution in [-0.2, 0) is 12.8 Å². The molecule has 2 amide bonds. The number of hydrogen-bond acceptors (Lipinski definition) is 5. The van der Waals surface area contributed by atoms with Gasteiger partial charge in [0, 0.05) is 36.5 Å². The van der Waals surface area contributed by atoms with E-state index < -0.39 is 0 Å². The Balaban J connectivity index is 1.31. The van der Waals surface area contributed by atoms with Crippen molar-refractivity contribution in [3.63, 3.8) is 0 Å². The Labute approximate surface area is 169 Å². The molecule has 5 N–H and O–H groups in total. The van der Waals surface area contributed by atoms with Crippen LogP contribution < -0.4 is 21.7 Å². The molecule has 2 aromatic heterocycles. The summed E-state index contributed by atoms with van der Waals surface area (Å²) in [6, 6.07) is 16.8. The number of anilines is 3. The number of nitrogens with one attached hydrogen (secondary N) is 3. The number of benzene rings is 1. The predicted octanol–water partition coefficient (Wildman–Crippen LogP) is 3.45. The molecule has 0 fully saturated rings. The maximum absolute atomic E-state index is 12.2. The smallest absolute Gasteiger partial charge is 0.320 e. The fourth-order valence-corrected chi connectivity index (χ4v) is 3.34. The molecule has 0 aliphatic carbocycles. The first-order valence-corrected chi connectivity index (χ1v) is 9.78. The maximum atomic E-state index is 12.2. The summed E-state index contributed by atoms with van der Waals surface area (Å²) in [5, 5.41) is 8.97. The summed E-state index contributed by atoms with van der Waals surface area (Å²) >= 11 is 0. The van der Waals surface area contributed by atoms with E-state index in [0.717, 1.165) is 42.2 Å². The number of pyridine rings is 2. The summed E-state index contributed by atoms with van der Waals surface area (Å²) in [6.45, 7) is 1.46. The van der Waals surface area contributed by atoms with E-state index in [2.05, 4.69) is 32.0 Å². The predicted molar refractivity (Wildman–Crippen MR) is 116 cm³/mol. The van der Waals surface area contributed by atoms with Crippen LogP contribution >= 0.6 is 0 Å². The molecule has 0 saturated carbocycles. The van der Waals surface area contributed by atoms with Crippen LogP contribution in [0.15, 0.2) is 54.6 Å². The number of aryl methyl sites for hydroxylation is 1. The minimum absolute atomic E-state index is 0.293. The lowest BCUT2D eigenvalue weighted by atomic mass is 10.1. The number of urea groups is 1. The molecule has 0 atom stereocenters. The van der Waals surface area contributed by atoms with Crippen molar-refractivity contribution in [2.24, 2.45) is 0 Å². The minimum Gasteiger partial charge on any atom is -0.399 e. The summed E-state index contributed by atoms with van der Waals surface area (Å²) in [4.78, 5) is 21.4. The van der Waals surface area contributed by atoms with Gasteiger partial charge in [0.2, 0.25) is 0 Å². The number of rotatable bonds is 5. The van der Waals surface area contributed by atoms with E-state index in [-0.39, 0.29) is 6.03 Å². The molecule has 29 heavy (non-hydrogen) atoms. The standard InChI is InChI=1S/C22H24N6O/c23-17-6-1-4-16(14-17)19-7-2-8-20(27-19)28-22(29)25-13-11-18-10-9-15-5-3-12-24-21(15)26-18/h1-2,4,6-10,14H,3,5,11-13,23H2,(H,24,26)(H2,25,27,28,29). The van der Waals surface area contributed by atoms with Crippen molar-refractivity contribution in [1.29, 1.82) is 0 Å². The van der Waals surface area contributed by atoms with Crippen molar-refractivity contribution in [2.45, 2.75) is 19.3 Å². The molecule has 1 aromatic carbocycles. The lowest BCUT2D eigenvalue weighted by Gasteiger charge is -2.17. The second kappa shape index (κ2) is 8.60. The van der Waals surface area contributed by atoms with Crippen LogP contribution in [0, 0.1) is 0 Å². The molecule has 7 nitrogen and oxygen atoms in total. The molecule has 3 aromatic rings. The third-order valence-corrected chi connectivity index (χ3v) is 4.79. The van der Waals surface area contributed by atoms with Crippen molar-refractivity contribution in [2.75, 3.05) is 29.5 Å². The highest BCUT2D eigenvalue weighted by Gasteiger charge is 2.10. The lowest BCUT2D eigenvalue weighted by molar-refractivity contribution is 0.252. The normalized spacial score (nSPS) is 12.6. The first kappa shape index (κ1) is 18.7. The second-order valence-electron chi connectivity index (χ2n) is 7.01. The number of nitrogen functional groups attached to an aromatic ring is 1. The Morgan fingerprint density at radius 2 is 2.00 bits per heavy atom. The zero-order chi connectivity index (χ0) is 20.1. The van der Waals surface area contributed by atoms with E-state index >= 15 is 0 Å². The molecule has 0 bridgehead atoms. The van der Waals surface area contributed by atoms with Crippen LogP contribution in [0.4, 0.5) is 22.1 Å². The third kappa shape index (κ3) is 4.82. The van der Waals surface area contributed by atoms with Gasteiger partial charge in [0.05, 0.1) is 5.69 Å². The third-order valence-electron chi connectivity index (χ3n) is 4.79. The van der Waals surface area contributed by atoms with E-state index in [1.165, 1.54) is 5.56 Å². The molecule has 4 rings (SSSR count). The van der Waals surface area contributed by atoms with Crippen LogP contribution in [0.25, 0.3) is 11.3 Å². The molecular formula is C22H24N6O. The summed E-state index contributed by atoms with van der Waals surface area (Å²) in [5.74, 6) is 1.46. The van der Waals surface area contributed by atoms with E-state index in [0.29, 0.717) is 24.5 Å². The van der Waals surface area contributed by atoms with Crippen LogP contribution in [0.3, 0.4) is 0 Å². The van der Waals surface area contributed by atoms with Gasteiger partial charge in [-0.3, -0.25) is 5.32 Å². The van der Waals surface area contributed by atoms with Crippen LogP contribution in [0.5, 0.6) is 0 Å². The van der Waals surface area contributed by atoms with Gasteiger partial charge in [0.1, 0.15) is 11.6 Å². The summed E-state index contributed by atoms with van der Waals surface area (Å²) < 4.78 is 0. The number of fused-ring (bicyclic) bond motifs is 1. The second-order valence-corrected chi connectivity index (χ2v) is 7.01. The van der Waals surface area contributed by atoms with Crippen LogP contribution in [0.1, 0.15) is 17.7 Å². The van der Waals surface area contributed by atoms with Crippen molar-refractivity contribution in [1.82, 2.24) is 15.3 Å². The van der Waals surface area contributed by atoms with E-state index in [9.17, 15) is 4.79 Å². The first-order chi connectivity index (χ1) is 14.2. The van der Waals surface area contributed by atoms with Crippen LogP contribution in [0.2, 0.25) is 0 Å².